The molecule has 0 bridgehead atoms. The summed E-state index contributed by atoms with van der Waals surface area (Å²) in [5.41, 5.74) is 5.64. The molecule has 0 aliphatic rings. The largest absolute Gasteiger partial charge is 0.384 e. The number of pyridine rings is 1. The van der Waals surface area contributed by atoms with Crippen LogP contribution in [0.5, 0.6) is 0 Å². The Balaban J connectivity index is 0.000000671. The minimum Gasteiger partial charge on any atom is -0.384 e. The summed E-state index contributed by atoms with van der Waals surface area (Å²) in [5, 5.41) is 10.3. The Morgan fingerprint density at radius 1 is 1.46 bits per heavy atom. The zero-order chi connectivity index (χ0) is 10.4. The molecule has 5 nitrogen and oxygen atoms in total. The highest BCUT2D eigenvalue weighted by Crippen LogP contribution is 2.15. The van der Waals surface area contributed by atoms with Gasteiger partial charge in [0.2, 0.25) is 0 Å². The van der Waals surface area contributed by atoms with Gasteiger partial charge in [-0.05, 0) is 13.0 Å². The molecule has 0 aliphatic carbocycles. The van der Waals surface area contributed by atoms with Crippen molar-refractivity contribution >= 4 is 11.5 Å². The minimum absolute atomic E-state index is 0.000741. The quantitative estimate of drug-likeness (QED) is 0.532. The van der Waals surface area contributed by atoms with E-state index in [9.17, 15) is 10.1 Å². The van der Waals surface area contributed by atoms with E-state index in [1.165, 1.54) is 12.1 Å². The third-order valence-electron chi connectivity index (χ3n) is 1.28. The molecule has 2 N–H and O–H groups in total. The van der Waals surface area contributed by atoms with Crippen molar-refractivity contribution in [3.63, 3.8) is 0 Å². The predicted octanol–water partition coefficient (Wildman–Crippen LogP) is 1.91. The molecule has 0 unspecified atom stereocenters. The maximum Gasteiger partial charge on any atom is 0.290 e. The summed E-state index contributed by atoms with van der Waals surface area (Å²) in [7, 11) is 0. The number of hydrogen-bond donors (Lipinski definition) is 1. The number of aryl methyl sites for hydroxylation is 1. The normalized spacial score (nSPS) is 8.54. The highest BCUT2D eigenvalue weighted by molar-refractivity contribution is 5.41. The highest BCUT2D eigenvalue weighted by atomic mass is 16.6. The van der Waals surface area contributed by atoms with E-state index in [4.69, 9.17) is 5.73 Å². The second kappa shape index (κ2) is 5.08. The first-order chi connectivity index (χ1) is 6.11. The third kappa shape index (κ3) is 3.06. The molecule has 0 spiro atoms. The lowest BCUT2D eigenvalue weighted by Gasteiger charge is -1.95. The van der Waals surface area contributed by atoms with Crippen LogP contribution in [0.15, 0.2) is 12.1 Å². The Kier molecular flexibility index (Phi) is 4.43. The number of rotatable bonds is 1. The van der Waals surface area contributed by atoms with E-state index < -0.39 is 4.92 Å². The van der Waals surface area contributed by atoms with Crippen LogP contribution in [-0.2, 0) is 0 Å². The lowest BCUT2D eigenvalue weighted by Crippen LogP contribution is -1.97. The molecule has 1 aromatic heterocycles. The fourth-order valence-corrected chi connectivity index (χ4v) is 0.766. The molecule has 0 saturated heterocycles. The Morgan fingerprint density at radius 2 is 2.00 bits per heavy atom. The van der Waals surface area contributed by atoms with Gasteiger partial charge in [0, 0.05) is 6.07 Å². The Morgan fingerprint density at radius 3 is 2.38 bits per heavy atom. The smallest absolute Gasteiger partial charge is 0.290 e. The SMILES string of the molecule is CC.Cc1nc(N)ccc1[N+](=O)[O-]. The highest BCUT2D eigenvalue weighted by Gasteiger charge is 2.09. The maximum absolute atomic E-state index is 10.3. The Labute approximate surface area is 76.7 Å². The lowest BCUT2D eigenvalue weighted by atomic mass is 10.3. The van der Waals surface area contributed by atoms with Crippen molar-refractivity contribution in [2.45, 2.75) is 20.8 Å². The zero-order valence-corrected chi connectivity index (χ0v) is 7.94. The number of hydrogen-bond acceptors (Lipinski definition) is 4. The second-order valence-electron chi connectivity index (χ2n) is 2.10. The number of nitrogens with two attached hydrogens (primary N) is 1. The number of anilines is 1. The maximum atomic E-state index is 10.3. The third-order valence-corrected chi connectivity index (χ3v) is 1.28. The van der Waals surface area contributed by atoms with Crippen LogP contribution in [0.3, 0.4) is 0 Å². The van der Waals surface area contributed by atoms with Gasteiger partial charge in [0.05, 0.1) is 4.92 Å². The van der Waals surface area contributed by atoms with Crippen LogP contribution >= 0.6 is 0 Å². The summed E-state index contributed by atoms with van der Waals surface area (Å²) in [6.45, 7) is 5.55. The monoisotopic (exact) mass is 183 g/mol. The number of nitrogen functional groups attached to an aromatic ring is 1. The van der Waals surface area contributed by atoms with Crippen molar-refractivity contribution in [1.82, 2.24) is 4.98 Å². The summed E-state index contributed by atoms with van der Waals surface area (Å²) in [6.07, 6.45) is 0. The Bertz CT molecular complexity index is 299. The van der Waals surface area contributed by atoms with Crippen molar-refractivity contribution in [3.8, 4) is 0 Å². The molecule has 1 rings (SSSR count). The van der Waals surface area contributed by atoms with Gasteiger partial charge in [-0.1, -0.05) is 13.8 Å². The fourth-order valence-electron chi connectivity index (χ4n) is 0.766. The number of nitro groups is 1. The first kappa shape index (κ1) is 11.4. The summed E-state index contributed by atoms with van der Waals surface area (Å²) in [4.78, 5) is 13.5. The molecule has 1 heterocycles. The number of nitrogens with zero attached hydrogens (tertiary/aromatic N) is 2. The van der Waals surface area contributed by atoms with Crippen LogP contribution in [0, 0.1) is 17.0 Å². The average molecular weight is 183 g/mol. The van der Waals surface area contributed by atoms with E-state index >= 15 is 0 Å². The molecule has 0 amide bonds. The van der Waals surface area contributed by atoms with Gasteiger partial charge >= 0.3 is 0 Å². The predicted molar refractivity (Wildman–Crippen MR) is 51.4 cm³/mol. The minimum atomic E-state index is -0.484. The topological polar surface area (TPSA) is 82.0 Å². The van der Waals surface area contributed by atoms with Gasteiger partial charge in [0.1, 0.15) is 11.5 Å². The molecule has 0 saturated carbocycles. The Hall–Kier alpha value is -1.65. The van der Waals surface area contributed by atoms with Crippen LogP contribution < -0.4 is 5.73 Å². The lowest BCUT2D eigenvalue weighted by molar-refractivity contribution is -0.385. The molecule has 5 heteroatoms. The van der Waals surface area contributed by atoms with Gasteiger partial charge in [-0.3, -0.25) is 10.1 Å². The zero-order valence-electron chi connectivity index (χ0n) is 7.94. The molecule has 0 fully saturated rings. The molecule has 13 heavy (non-hydrogen) atoms. The molecular formula is C8H13N3O2. The summed E-state index contributed by atoms with van der Waals surface area (Å²) < 4.78 is 0. The molecule has 0 atom stereocenters. The second-order valence-corrected chi connectivity index (χ2v) is 2.10. The van der Waals surface area contributed by atoms with Crippen molar-refractivity contribution in [1.29, 1.82) is 0 Å². The first-order valence-corrected chi connectivity index (χ1v) is 3.99. The van der Waals surface area contributed by atoms with E-state index in [2.05, 4.69) is 4.98 Å². The van der Waals surface area contributed by atoms with Crippen LogP contribution in [0.25, 0.3) is 0 Å². The number of aromatic nitrogens is 1. The van der Waals surface area contributed by atoms with Crippen LogP contribution in [-0.4, -0.2) is 9.91 Å². The standard InChI is InChI=1S/C6H7N3O2.C2H6/c1-4-5(9(10)11)2-3-6(7)8-4;1-2/h2-3H,1H3,(H2,7,8);1-2H3. The molecule has 0 aliphatic heterocycles. The van der Waals surface area contributed by atoms with Crippen molar-refractivity contribution in [2.24, 2.45) is 0 Å². The van der Waals surface area contributed by atoms with E-state index in [-0.39, 0.29) is 5.69 Å². The van der Waals surface area contributed by atoms with E-state index in [1.54, 1.807) is 6.92 Å². The molecule has 1 aromatic rings. The van der Waals surface area contributed by atoms with Gasteiger partial charge in [0.15, 0.2) is 0 Å². The molecular weight excluding hydrogens is 170 g/mol. The molecule has 0 aromatic carbocycles. The van der Waals surface area contributed by atoms with Crippen LogP contribution in [0.4, 0.5) is 11.5 Å². The van der Waals surface area contributed by atoms with Gasteiger partial charge in [-0.2, -0.15) is 0 Å². The molecule has 72 valence electrons. The fraction of sp³-hybridized carbons (Fsp3) is 0.375. The van der Waals surface area contributed by atoms with Gasteiger partial charge in [0.25, 0.3) is 5.69 Å². The van der Waals surface area contributed by atoms with Gasteiger partial charge in [-0.15, -0.1) is 0 Å². The van der Waals surface area contributed by atoms with Crippen molar-refractivity contribution in [3.05, 3.63) is 27.9 Å². The van der Waals surface area contributed by atoms with Gasteiger partial charge < -0.3 is 5.73 Å². The van der Waals surface area contributed by atoms with E-state index in [0.29, 0.717) is 11.5 Å². The van der Waals surface area contributed by atoms with Crippen LogP contribution in [0.1, 0.15) is 19.5 Å². The summed E-state index contributed by atoms with van der Waals surface area (Å²) in [5.74, 6) is 0.299. The van der Waals surface area contributed by atoms with E-state index in [1.807, 2.05) is 13.8 Å². The van der Waals surface area contributed by atoms with Gasteiger partial charge in [-0.25, -0.2) is 4.98 Å². The van der Waals surface area contributed by atoms with E-state index in [0.717, 1.165) is 0 Å². The average Bonchev–Trinajstić information content (AvgIpc) is 2.07. The molecule has 0 radical (unpaired) electrons. The van der Waals surface area contributed by atoms with Crippen LogP contribution in [0.2, 0.25) is 0 Å². The van der Waals surface area contributed by atoms with Crippen molar-refractivity contribution < 1.29 is 4.92 Å². The summed E-state index contributed by atoms with van der Waals surface area (Å²) >= 11 is 0. The first-order valence-electron chi connectivity index (χ1n) is 3.99. The summed E-state index contributed by atoms with van der Waals surface area (Å²) in [6, 6.07) is 2.75. The van der Waals surface area contributed by atoms with Crippen molar-refractivity contribution in [2.75, 3.05) is 5.73 Å².